The molecule has 6 heteroatoms. The lowest BCUT2D eigenvalue weighted by molar-refractivity contribution is 0.363. The molecule has 0 aliphatic carbocycles. The van der Waals surface area contributed by atoms with E-state index in [4.69, 9.17) is 4.52 Å². The van der Waals surface area contributed by atoms with E-state index >= 15 is 0 Å². The van der Waals surface area contributed by atoms with Crippen molar-refractivity contribution in [2.75, 3.05) is 0 Å². The Kier molecular flexibility index (Phi) is 4.31. The van der Waals surface area contributed by atoms with Crippen molar-refractivity contribution in [2.45, 2.75) is 26.8 Å². The summed E-state index contributed by atoms with van der Waals surface area (Å²) in [4.78, 5) is 1.53. The molecule has 0 unspecified atom stereocenters. The van der Waals surface area contributed by atoms with Crippen molar-refractivity contribution in [1.29, 1.82) is 0 Å². The Hall–Kier alpha value is -3.28. The smallest absolute Gasteiger partial charge is 0.179 e. The highest BCUT2D eigenvalue weighted by Crippen LogP contribution is 2.19. The highest BCUT2D eigenvalue weighted by molar-refractivity contribution is 5.59. The summed E-state index contributed by atoms with van der Waals surface area (Å²) in [7, 11) is 0. The average Bonchev–Trinajstić information content (AvgIpc) is 3.28. The van der Waals surface area contributed by atoms with E-state index in [2.05, 4.69) is 70.8 Å². The molecule has 0 amide bonds. The molecule has 6 nitrogen and oxygen atoms in total. The van der Waals surface area contributed by atoms with E-state index < -0.39 is 0 Å². The molecule has 4 rings (SSSR count). The summed E-state index contributed by atoms with van der Waals surface area (Å²) in [5.41, 5.74) is 5.44. The minimum absolute atomic E-state index is 0.403. The van der Waals surface area contributed by atoms with Crippen molar-refractivity contribution in [3.05, 3.63) is 82.9 Å². The number of rotatable bonds is 5. The van der Waals surface area contributed by atoms with Gasteiger partial charge in [-0.15, -0.1) is 10.2 Å². The van der Waals surface area contributed by atoms with Crippen LogP contribution >= 0.6 is 0 Å². The third kappa shape index (κ3) is 3.69. The number of hydrogen-bond acceptors (Lipinski definition) is 5. The summed E-state index contributed by atoms with van der Waals surface area (Å²) in [6, 6.07) is 18.4. The van der Waals surface area contributed by atoms with Gasteiger partial charge in [0.2, 0.25) is 0 Å². The van der Waals surface area contributed by atoms with E-state index in [1.165, 1.54) is 15.9 Å². The predicted molar refractivity (Wildman–Crippen MR) is 97.6 cm³/mol. The first-order valence-electron chi connectivity index (χ1n) is 8.50. The predicted octanol–water partition coefficient (Wildman–Crippen LogP) is 3.58. The van der Waals surface area contributed by atoms with Crippen molar-refractivity contribution >= 4 is 0 Å². The highest BCUT2D eigenvalue weighted by atomic mass is 16.5. The van der Waals surface area contributed by atoms with Crippen LogP contribution in [0.15, 0.2) is 59.1 Å². The summed E-state index contributed by atoms with van der Waals surface area (Å²) < 4.78 is 5.42. The van der Waals surface area contributed by atoms with Crippen LogP contribution in [-0.4, -0.2) is 25.4 Å². The fourth-order valence-electron chi connectivity index (χ4n) is 2.69. The van der Waals surface area contributed by atoms with Gasteiger partial charge in [-0.05, 0) is 24.6 Å². The van der Waals surface area contributed by atoms with Crippen LogP contribution in [0.25, 0.3) is 11.3 Å². The zero-order valence-electron chi connectivity index (χ0n) is 14.8. The van der Waals surface area contributed by atoms with Crippen molar-refractivity contribution in [2.24, 2.45) is 0 Å². The molecule has 2 aromatic carbocycles. The van der Waals surface area contributed by atoms with Crippen LogP contribution in [0.2, 0.25) is 0 Å². The van der Waals surface area contributed by atoms with E-state index in [1.54, 1.807) is 0 Å². The van der Waals surface area contributed by atoms with Gasteiger partial charge >= 0.3 is 0 Å². The molecular formula is C20H19N5O. The summed E-state index contributed by atoms with van der Waals surface area (Å²) in [5.74, 6) is 1.38. The van der Waals surface area contributed by atoms with Gasteiger partial charge in [-0.25, -0.2) is 0 Å². The van der Waals surface area contributed by atoms with E-state index in [1.807, 2.05) is 18.2 Å². The van der Waals surface area contributed by atoms with Crippen molar-refractivity contribution < 1.29 is 4.52 Å². The summed E-state index contributed by atoms with van der Waals surface area (Å²) in [5, 5.41) is 16.8. The Bertz CT molecular complexity index is 999. The zero-order chi connectivity index (χ0) is 17.9. The normalized spacial score (nSPS) is 11.0. The van der Waals surface area contributed by atoms with Crippen molar-refractivity contribution in [3.8, 4) is 11.3 Å². The number of aromatic nitrogens is 5. The van der Waals surface area contributed by atoms with E-state index in [0.29, 0.717) is 24.6 Å². The summed E-state index contributed by atoms with van der Waals surface area (Å²) >= 11 is 0. The fourth-order valence-corrected chi connectivity index (χ4v) is 2.69. The van der Waals surface area contributed by atoms with E-state index in [9.17, 15) is 0 Å². The second kappa shape index (κ2) is 6.92. The maximum absolute atomic E-state index is 5.42. The van der Waals surface area contributed by atoms with Crippen LogP contribution in [0.1, 0.15) is 28.3 Å². The Morgan fingerprint density at radius 3 is 2.35 bits per heavy atom. The molecule has 2 heterocycles. The lowest BCUT2D eigenvalue weighted by atomic mass is 10.1. The number of tetrazole rings is 1. The van der Waals surface area contributed by atoms with Crippen molar-refractivity contribution in [1.82, 2.24) is 25.4 Å². The molecule has 0 N–H and O–H groups in total. The zero-order valence-corrected chi connectivity index (χ0v) is 14.8. The molecule has 130 valence electrons. The van der Waals surface area contributed by atoms with E-state index in [-0.39, 0.29) is 0 Å². The minimum Gasteiger partial charge on any atom is -0.359 e. The molecular weight excluding hydrogens is 326 g/mol. The molecule has 26 heavy (non-hydrogen) atoms. The first-order valence-corrected chi connectivity index (χ1v) is 8.50. The third-order valence-electron chi connectivity index (χ3n) is 4.18. The number of aryl methyl sites for hydroxylation is 2. The van der Waals surface area contributed by atoms with Crippen LogP contribution < -0.4 is 0 Å². The minimum atomic E-state index is 0.403. The highest BCUT2D eigenvalue weighted by Gasteiger charge is 2.10. The fraction of sp³-hybridized carbons (Fsp3) is 0.200. The standard InChI is InChI=1S/C20H19N5O/c1-14-3-7-16(8-4-14)11-20-21-24-25(22-20)13-18-12-19(23-26-18)17-9-5-15(2)6-10-17/h3-10,12H,11,13H2,1-2H3. The maximum Gasteiger partial charge on any atom is 0.179 e. The maximum atomic E-state index is 5.42. The van der Waals surface area contributed by atoms with Crippen LogP contribution in [0.5, 0.6) is 0 Å². The van der Waals surface area contributed by atoms with Gasteiger partial charge < -0.3 is 4.52 Å². The van der Waals surface area contributed by atoms with Crippen molar-refractivity contribution in [3.63, 3.8) is 0 Å². The molecule has 0 aliphatic rings. The van der Waals surface area contributed by atoms with Gasteiger partial charge in [-0.1, -0.05) is 64.8 Å². The number of nitrogens with zero attached hydrogens (tertiary/aromatic N) is 5. The van der Waals surface area contributed by atoms with Crippen LogP contribution in [-0.2, 0) is 13.0 Å². The Morgan fingerprint density at radius 2 is 1.62 bits per heavy atom. The Balaban J connectivity index is 1.44. The van der Waals surface area contributed by atoms with Crippen LogP contribution in [0, 0.1) is 13.8 Å². The molecule has 0 atom stereocenters. The number of hydrogen-bond donors (Lipinski definition) is 0. The molecule has 2 aromatic heterocycles. The number of benzene rings is 2. The molecule has 0 bridgehead atoms. The SMILES string of the molecule is Cc1ccc(Cc2nnn(Cc3cc(-c4ccc(C)cc4)no3)n2)cc1. The molecule has 0 aliphatic heterocycles. The first kappa shape index (κ1) is 16.2. The summed E-state index contributed by atoms with van der Waals surface area (Å²) in [6.45, 7) is 4.53. The molecule has 0 saturated heterocycles. The average molecular weight is 345 g/mol. The molecule has 0 spiro atoms. The molecule has 0 saturated carbocycles. The second-order valence-electron chi connectivity index (χ2n) is 6.44. The van der Waals surface area contributed by atoms with Gasteiger partial charge in [0, 0.05) is 18.1 Å². The van der Waals surface area contributed by atoms with Gasteiger partial charge in [0.1, 0.15) is 12.2 Å². The van der Waals surface area contributed by atoms with Gasteiger partial charge in [0.25, 0.3) is 0 Å². The van der Waals surface area contributed by atoms with E-state index in [0.717, 1.165) is 16.8 Å². The van der Waals surface area contributed by atoms with Gasteiger partial charge in [-0.2, -0.15) is 4.80 Å². The lowest BCUT2D eigenvalue weighted by Crippen LogP contribution is -2.03. The quantitative estimate of drug-likeness (QED) is 0.553. The third-order valence-corrected chi connectivity index (χ3v) is 4.18. The Morgan fingerprint density at radius 1 is 0.923 bits per heavy atom. The van der Waals surface area contributed by atoms with Gasteiger partial charge in [-0.3, -0.25) is 0 Å². The second-order valence-corrected chi connectivity index (χ2v) is 6.44. The first-order chi connectivity index (χ1) is 12.7. The topological polar surface area (TPSA) is 69.6 Å². The van der Waals surface area contributed by atoms with Gasteiger partial charge in [0.15, 0.2) is 11.6 Å². The van der Waals surface area contributed by atoms with Gasteiger partial charge in [0.05, 0.1) is 0 Å². The molecule has 4 aromatic rings. The van der Waals surface area contributed by atoms with Crippen LogP contribution in [0.3, 0.4) is 0 Å². The monoisotopic (exact) mass is 345 g/mol. The largest absolute Gasteiger partial charge is 0.359 e. The molecule has 0 fully saturated rings. The van der Waals surface area contributed by atoms with Crippen LogP contribution in [0.4, 0.5) is 0 Å². The Labute approximate surface area is 151 Å². The molecule has 0 radical (unpaired) electrons. The lowest BCUT2D eigenvalue weighted by Gasteiger charge is -1.97. The summed E-state index contributed by atoms with van der Waals surface area (Å²) in [6.07, 6.45) is 0.658.